The summed E-state index contributed by atoms with van der Waals surface area (Å²) in [4.78, 5) is 12.9. The van der Waals surface area contributed by atoms with Gasteiger partial charge in [-0.15, -0.1) is 0 Å². The van der Waals surface area contributed by atoms with E-state index in [0.29, 0.717) is 12.8 Å². The van der Waals surface area contributed by atoms with Crippen LogP contribution in [0, 0.1) is 28.6 Å². The van der Waals surface area contributed by atoms with Gasteiger partial charge >= 0.3 is 0 Å². The van der Waals surface area contributed by atoms with E-state index in [0.717, 1.165) is 31.3 Å². The lowest BCUT2D eigenvalue weighted by atomic mass is 9.47. The van der Waals surface area contributed by atoms with Crippen LogP contribution in [0.4, 0.5) is 0 Å². The van der Waals surface area contributed by atoms with Crippen molar-refractivity contribution in [2.24, 2.45) is 28.6 Å². The van der Waals surface area contributed by atoms with Crippen LogP contribution < -0.4 is 0 Å². The Morgan fingerprint density at radius 2 is 1.83 bits per heavy atom. The summed E-state index contributed by atoms with van der Waals surface area (Å²) in [5.41, 5.74) is 0.786. The van der Waals surface area contributed by atoms with Crippen molar-refractivity contribution in [2.75, 3.05) is 0 Å². The van der Waals surface area contributed by atoms with Crippen LogP contribution in [-0.2, 0) is 4.79 Å². The van der Waals surface area contributed by atoms with E-state index in [4.69, 9.17) is 0 Å². The van der Waals surface area contributed by atoms with Gasteiger partial charge in [0.2, 0.25) is 0 Å². The highest BCUT2D eigenvalue weighted by Crippen LogP contribution is 2.64. The highest BCUT2D eigenvalue weighted by molar-refractivity contribution is 5.94. The Balaban J connectivity index is 1.75. The molecular formula is C19H28O4. The van der Waals surface area contributed by atoms with E-state index in [1.807, 2.05) is 6.92 Å². The molecule has 3 fully saturated rings. The second-order valence-electron chi connectivity index (χ2n) is 8.92. The summed E-state index contributed by atoms with van der Waals surface area (Å²) in [5, 5.41) is 30.6. The fourth-order valence-electron chi connectivity index (χ4n) is 6.38. The molecule has 0 aromatic carbocycles. The molecule has 128 valence electrons. The second-order valence-corrected chi connectivity index (χ2v) is 8.92. The normalized spacial score (nSPS) is 55.7. The van der Waals surface area contributed by atoms with Crippen molar-refractivity contribution in [3.63, 3.8) is 0 Å². The topological polar surface area (TPSA) is 77.8 Å². The molecular weight excluding hydrogens is 292 g/mol. The maximum atomic E-state index is 12.9. The molecule has 23 heavy (non-hydrogen) atoms. The fraction of sp³-hybridized carbons (Fsp3) is 0.842. The van der Waals surface area contributed by atoms with Crippen LogP contribution in [0.25, 0.3) is 0 Å². The number of allylic oxidation sites excluding steroid dienone is 1. The van der Waals surface area contributed by atoms with Gasteiger partial charge in [0.25, 0.3) is 0 Å². The summed E-state index contributed by atoms with van der Waals surface area (Å²) in [6.07, 6.45) is 4.75. The molecule has 0 aromatic rings. The lowest BCUT2D eigenvalue weighted by Gasteiger charge is -2.56. The van der Waals surface area contributed by atoms with Crippen LogP contribution in [0.5, 0.6) is 0 Å². The van der Waals surface area contributed by atoms with Crippen molar-refractivity contribution in [1.82, 2.24) is 0 Å². The zero-order chi connectivity index (χ0) is 16.6. The van der Waals surface area contributed by atoms with Crippen LogP contribution >= 0.6 is 0 Å². The van der Waals surface area contributed by atoms with E-state index in [1.54, 1.807) is 6.08 Å². The Bertz CT molecular complexity index is 570. The minimum absolute atomic E-state index is 0.00235. The largest absolute Gasteiger partial charge is 0.393 e. The standard InChI is InChI=1S/C19H28O4/c1-18-5-3-11(20)7-10(18)8-14(21)16-12(18)4-6-19(2)13(16)9-15(22)17(19)23/h8,11-13,15-17,20,22-23H,3-7,9H2,1-2H3/t11-,12+,13+,15-,16-,17+,18+,19+/m1/s1. The molecule has 0 heterocycles. The highest BCUT2D eigenvalue weighted by atomic mass is 16.3. The van der Waals surface area contributed by atoms with Gasteiger partial charge in [0.05, 0.1) is 18.3 Å². The number of fused-ring (bicyclic) bond motifs is 5. The molecule has 3 saturated carbocycles. The molecule has 0 saturated heterocycles. The van der Waals surface area contributed by atoms with Crippen molar-refractivity contribution in [3.8, 4) is 0 Å². The second kappa shape index (κ2) is 4.90. The molecule has 0 radical (unpaired) electrons. The molecule has 0 bridgehead atoms. The smallest absolute Gasteiger partial charge is 0.159 e. The quantitative estimate of drug-likeness (QED) is 0.636. The zero-order valence-electron chi connectivity index (χ0n) is 14.0. The summed E-state index contributed by atoms with van der Waals surface area (Å²) in [7, 11) is 0. The number of aliphatic hydroxyl groups is 3. The average Bonchev–Trinajstić information content (AvgIpc) is 2.73. The van der Waals surface area contributed by atoms with Crippen LogP contribution in [0.2, 0.25) is 0 Å². The molecule has 0 amide bonds. The van der Waals surface area contributed by atoms with Crippen LogP contribution in [0.3, 0.4) is 0 Å². The van der Waals surface area contributed by atoms with Crippen molar-refractivity contribution in [1.29, 1.82) is 0 Å². The average molecular weight is 320 g/mol. The SMILES string of the molecule is C[C@]12CC[C@H]3[C@@H](C(=O)C=C4C[C@H](O)CC[C@@]43C)[C@@H]1C[C@@H](O)[C@@H]2O. The summed E-state index contributed by atoms with van der Waals surface area (Å²) in [5.74, 6) is 0.441. The van der Waals surface area contributed by atoms with Crippen LogP contribution in [0.15, 0.2) is 11.6 Å². The first-order chi connectivity index (χ1) is 10.8. The highest BCUT2D eigenvalue weighted by Gasteiger charge is 2.62. The summed E-state index contributed by atoms with van der Waals surface area (Å²) in [6, 6.07) is 0. The third-order valence-electron chi connectivity index (χ3n) is 7.89. The molecule has 4 nitrogen and oxygen atoms in total. The molecule has 4 aliphatic carbocycles. The Morgan fingerprint density at radius 3 is 2.57 bits per heavy atom. The lowest BCUT2D eigenvalue weighted by Crippen LogP contribution is -2.54. The first kappa shape index (κ1) is 15.8. The molecule has 8 atom stereocenters. The van der Waals surface area contributed by atoms with E-state index >= 15 is 0 Å². The van der Waals surface area contributed by atoms with Gasteiger partial charge < -0.3 is 15.3 Å². The summed E-state index contributed by atoms with van der Waals surface area (Å²) >= 11 is 0. The zero-order valence-corrected chi connectivity index (χ0v) is 14.0. The van der Waals surface area contributed by atoms with Gasteiger partial charge in [-0.3, -0.25) is 4.79 Å². The van der Waals surface area contributed by atoms with Gasteiger partial charge in [-0.25, -0.2) is 0 Å². The summed E-state index contributed by atoms with van der Waals surface area (Å²) < 4.78 is 0. The molecule has 4 rings (SSSR count). The molecule has 0 aliphatic heterocycles. The first-order valence-corrected chi connectivity index (χ1v) is 9.06. The monoisotopic (exact) mass is 320 g/mol. The molecule has 3 N–H and O–H groups in total. The van der Waals surface area contributed by atoms with Crippen molar-refractivity contribution in [3.05, 3.63) is 11.6 Å². The number of aliphatic hydroxyl groups excluding tert-OH is 3. The van der Waals surface area contributed by atoms with Crippen LogP contribution in [0.1, 0.15) is 52.4 Å². The number of carbonyl (C=O) groups is 1. The van der Waals surface area contributed by atoms with E-state index in [1.165, 1.54) is 0 Å². The predicted molar refractivity (Wildman–Crippen MR) is 85.5 cm³/mol. The minimum atomic E-state index is -0.715. The van der Waals surface area contributed by atoms with Gasteiger partial charge in [0.1, 0.15) is 0 Å². The van der Waals surface area contributed by atoms with Gasteiger partial charge in [-0.2, -0.15) is 0 Å². The first-order valence-electron chi connectivity index (χ1n) is 9.06. The summed E-state index contributed by atoms with van der Waals surface area (Å²) in [6.45, 7) is 4.31. The third kappa shape index (κ3) is 1.98. The van der Waals surface area contributed by atoms with Gasteiger partial charge in [-0.05, 0) is 67.3 Å². The Morgan fingerprint density at radius 1 is 1.09 bits per heavy atom. The Labute approximate surface area is 137 Å². The number of hydrogen-bond donors (Lipinski definition) is 3. The van der Waals surface area contributed by atoms with Crippen LogP contribution in [-0.4, -0.2) is 39.4 Å². The van der Waals surface area contributed by atoms with Crippen molar-refractivity contribution in [2.45, 2.75) is 70.7 Å². The van der Waals surface area contributed by atoms with Crippen molar-refractivity contribution >= 4 is 5.78 Å². The van der Waals surface area contributed by atoms with Gasteiger partial charge in [0, 0.05) is 5.92 Å². The number of carbonyl (C=O) groups excluding carboxylic acids is 1. The van der Waals surface area contributed by atoms with Gasteiger partial charge in [-0.1, -0.05) is 19.4 Å². The third-order valence-corrected chi connectivity index (χ3v) is 7.89. The number of ketones is 1. The van der Waals surface area contributed by atoms with E-state index in [2.05, 4.69) is 6.92 Å². The Kier molecular flexibility index (Phi) is 3.37. The minimum Gasteiger partial charge on any atom is -0.393 e. The molecule has 0 aromatic heterocycles. The number of rotatable bonds is 0. The Hall–Kier alpha value is -0.710. The fourth-order valence-corrected chi connectivity index (χ4v) is 6.38. The molecule has 4 aliphatic rings. The molecule has 0 unspecified atom stereocenters. The predicted octanol–water partition coefficient (Wildman–Crippen LogP) is 1.82. The molecule has 0 spiro atoms. The van der Waals surface area contributed by atoms with E-state index in [-0.39, 0.29) is 40.5 Å². The van der Waals surface area contributed by atoms with Gasteiger partial charge in [0.15, 0.2) is 5.78 Å². The molecule has 4 heteroatoms. The maximum Gasteiger partial charge on any atom is 0.159 e. The van der Waals surface area contributed by atoms with E-state index in [9.17, 15) is 20.1 Å². The number of hydrogen-bond acceptors (Lipinski definition) is 4. The lowest BCUT2D eigenvalue weighted by molar-refractivity contribution is -0.136. The maximum absolute atomic E-state index is 12.9. The van der Waals surface area contributed by atoms with Crippen molar-refractivity contribution < 1.29 is 20.1 Å². The van der Waals surface area contributed by atoms with E-state index < -0.39 is 12.2 Å².